The summed E-state index contributed by atoms with van der Waals surface area (Å²) in [5.41, 5.74) is 0.565. The van der Waals surface area contributed by atoms with E-state index >= 15 is 0 Å². The fourth-order valence-electron chi connectivity index (χ4n) is 2.96. The zero-order chi connectivity index (χ0) is 22.7. The molecule has 3 aromatic heterocycles. The number of nitrogens with zero attached hydrogens (tertiary/aromatic N) is 6. The molecule has 31 heavy (non-hydrogen) atoms. The first-order chi connectivity index (χ1) is 14.7. The molecule has 3 aromatic rings. The molecule has 2 N–H and O–H groups in total. The van der Waals surface area contributed by atoms with Crippen molar-refractivity contribution in [2.24, 2.45) is 5.92 Å². The third-order valence-corrected chi connectivity index (χ3v) is 4.42. The van der Waals surface area contributed by atoms with Crippen LogP contribution in [0.1, 0.15) is 57.9 Å². The number of aliphatic hydroxyl groups excluding tert-OH is 1. The Morgan fingerprint density at radius 3 is 2.58 bits per heavy atom. The number of carbonyl (C=O) groups is 1. The second kappa shape index (κ2) is 9.21. The lowest BCUT2D eigenvalue weighted by Gasteiger charge is -2.21. The van der Waals surface area contributed by atoms with Crippen molar-refractivity contribution in [3.05, 3.63) is 40.1 Å². The second-order valence-electron chi connectivity index (χ2n) is 8.03. The van der Waals surface area contributed by atoms with Crippen LogP contribution in [0.5, 0.6) is 5.75 Å². The fraction of sp³-hybridized carbons (Fsp3) is 0.500. The Morgan fingerprint density at radius 1 is 1.19 bits per heavy atom. The molecule has 11 nitrogen and oxygen atoms in total. The van der Waals surface area contributed by atoms with Crippen LogP contribution in [0.15, 0.2) is 23.3 Å². The smallest absolute Gasteiger partial charge is 0.276 e. The molecule has 0 saturated heterocycles. The summed E-state index contributed by atoms with van der Waals surface area (Å²) in [6.45, 7) is 9.31. The van der Waals surface area contributed by atoms with Crippen molar-refractivity contribution >= 4 is 17.4 Å². The van der Waals surface area contributed by atoms with E-state index in [1.165, 1.54) is 17.8 Å². The van der Waals surface area contributed by atoms with Gasteiger partial charge in [-0.2, -0.15) is 9.61 Å². The van der Waals surface area contributed by atoms with Gasteiger partial charge in [-0.1, -0.05) is 27.7 Å². The number of nitrogens with one attached hydrogen (secondary N) is 1. The average molecular weight is 429 g/mol. The Bertz CT molecular complexity index is 1130. The van der Waals surface area contributed by atoms with Crippen molar-refractivity contribution in [1.82, 2.24) is 29.6 Å². The molecule has 0 fully saturated rings. The van der Waals surface area contributed by atoms with Gasteiger partial charge in [0.1, 0.15) is 18.6 Å². The molecule has 11 heteroatoms. The van der Waals surface area contributed by atoms with E-state index in [4.69, 9.17) is 4.74 Å². The Kier molecular flexibility index (Phi) is 6.64. The van der Waals surface area contributed by atoms with E-state index in [0.717, 1.165) is 4.68 Å². The molecular formula is C20H27N7O4. The zero-order valence-electron chi connectivity index (χ0n) is 18.2. The molecule has 0 aromatic carbocycles. The third kappa shape index (κ3) is 5.05. The first-order valence-corrected chi connectivity index (χ1v) is 10.1. The Hall–Kier alpha value is -3.34. The van der Waals surface area contributed by atoms with Gasteiger partial charge in [-0.25, -0.2) is 4.68 Å². The van der Waals surface area contributed by atoms with Gasteiger partial charge >= 0.3 is 0 Å². The number of aliphatic hydroxyl groups is 1. The highest BCUT2D eigenvalue weighted by atomic mass is 16.5. The molecular weight excluding hydrogens is 402 g/mol. The highest BCUT2D eigenvalue weighted by Crippen LogP contribution is 2.30. The van der Waals surface area contributed by atoms with Crippen LogP contribution in [0.2, 0.25) is 0 Å². The largest absolute Gasteiger partial charge is 0.491 e. The van der Waals surface area contributed by atoms with Crippen molar-refractivity contribution in [3.63, 3.8) is 0 Å². The number of hydrogen-bond donors (Lipinski definition) is 2. The maximum atomic E-state index is 13.0. The van der Waals surface area contributed by atoms with Crippen molar-refractivity contribution in [1.29, 1.82) is 0 Å². The summed E-state index contributed by atoms with van der Waals surface area (Å²) >= 11 is 0. The van der Waals surface area contributed by atoms with Gasteiger partial charge in [-0.15, -0.1) is 15.3 Å². The predicted molar refractivity (Wildman–Crippen MR) is 113 cm³/mol. The molecule has 0 bridgehead atoms. The van der Waals surface area contributed by atoms with E-state index in [1.807, 2.05) is 27.7 Å². The molecule has 0 saturated carbocycles. The summed E-state index contributed by atoms with van der Waals surface area (Å²) in [6.07, 6.45) is 0.332. The molecule has 1 unspecified atom stereocenters. The molecule has 0 radical (unpaired) electrons. The molecule has 1 atom stereocenters. The molecule has 0 spiro atoms. The van der Waals surface area contributed by atoms with Crippen molar-refractivity contribution in [3.8, 4) is 5.75 Å². The maximum absolute atomic E-state index is 13.0. The predicted octanol–water partition coefficient (Wildman–Crippen LogP) is 1.53. The molecule has 0 aliphatic heterocycles. The van der Waals surface area contributed by atoms with Crippen LogP contribution in [-0.4, -0.2) is 47.2 Å². The monoisotopic (exact) mass is 429 g/mol. The Labute approximate surface area is 179 Å². The van der Waals surface area contributed by atoms with Crippen molar-refractivity contribution in [2.75, 3.05) is 11.9 Å². The topological polar surface area (TPSA) is 137 Å². The molecule has 166 valence electrons. The van der Waals surface area contributed by atoms with Gasteiger partial charge in [0.15, 0.2) is 17.2 Å². The molecule has 0 aliphatic carbocycles. The van der Waals surface area contributed by atoms with E-state index in [0.29, 0.717) is 23.7 Å². The quantitative estimate of drug-likeness (QED) is 0.550. The lowest BCUT2D eigenvalue weighted by atomic mass is 10.0. The number of rotatable bonds is 8. The second-order valence-corrected chi connectivity index (χ2v) is 8.03. The normalized spacial score (nSPS) is 12.5. The Balaban J connectivity index is 1.92. The van der Waals surface area contributed by atoms with Crippen LogP contribution >= 0.6 is 0 Å². The van der Waals surface area contributed by atoms with Gasteiger partial charge in [0, 0.05) is 5.92 Å². The lowest BCUT2D eigenvalue weighted by molar-refractivity contribution is -0.117. The first kappa shape index (κ1) is 22.3. The van der Waals surface area contributed by atoms with E-state index < -0.39 is 17.6 Å². The number of fused-ring (bicyclic) bond motifs is 1. The van der Waals surface area contributed by atoms with Gasteiger partial charge in [-0.3, -0.25) is 9.59 Å². The number of hydrogen-bond acceptors (Lipinski definition) is 8. The van der Waals surface area contributed by atoms with Crippen LogP contribution in [0.3, 0.4) is 0 Å². The van der Waals surface area contributed by atoms with Gasteiger partial charge in [0.25, 0.3) is 5.56 Å². The van der Waals surface area contributed by atoms with Crippen LogP contribution in [-0.2, 0) is 11.3 Å². The van der Waals surface area contributed by atoms with E-state index in [1.54, 1.807) is 12.1 Å². The van der Waals surface area contributed by atoms with Gasteiger partial charge in [-0.05, 0) is 25.0 Å². The summed E-state index contributed by atoms with van der Waals surface area (Å²) < 4.78 is 8.33. The van der Waals surface area contributed by atoms with Crippen LogP contribution in [0.25, 0.3) is 5.65 Å². The van der Waals surface area contributed by atoms with Crippen molar-refractivity contribution < 1.29 is 14.6 Å². The van der Waals surface area contributed by atoms with E-state index in [9.17, 15) is 14.7 Å². The number of amides is 1. The van der Waals surface area contributed by atoms with E-state index in [2.05, 4.69) is 25.7 Å². The highest BCUT2D eigenvalue weighted by molar-refractivity contribution is 5.89. The summed E-state index contributed by atoms with van der Waals surface area (Å²) in [5, 5.41) is 29.1. The number of anilines is 1. The summed E-state index contributed by atoms with van der Waals surface area (Å²) in [7, 11) is 0. The Morgan fingerprint density at radius 2 is 1.94 bits per heavy atom. The molecule has 1 amide bonds. The average Bonchev–Trinajstić information content (AvgIpc) is 3.15. The standard InChI is InChI=1S/C20H27N7O4/c1-11(2)9-31-19-17(13(5)28)20(30)26(25-18(19)12(3)4)8-16(29)22-14-6-7-15-23-21-10-27(15)24-14/h6-7,10-13,28H,8-9H2,1-5H3,(H,22,24,29). The number of carbonyl (C=O) groups excluding carboxylic acids is 1. The summed E-state index contributed by atoms with van der Waals surface area (Å²) in [4.78, 5) is 25.6. The summed E-state index contributed by atoms with van der Waals surface area (Å²) in [5.74, 6) is 0.219. The zero-order valence-corrected chi connectivity index (χ0v) is 18.2. The molecule has 3 rings (SSSR count). The highest BCUT2D eigenvalue weighted by Gasteiger charge is 2.25. The van der Waals surface area contributed by atoms with Gasteiger partial charge in [0.2, 0.25) is 5.91 Å². The van der Waals surface area contributed by atoms with Gasteiger partial charge < -0.3 is 15.2 Å². The van der Waals surface area contributed by atoms with Gasteiger partial charge in [0.05, 0.1) is 18.3 Å². The number of aromatic nitrogens is 6. The SMILES string of the molecule is CC(C)COc1c(C(C)C)nn(CC(=O)Nc2ccc3nncn3n2)c(=O)c1C(C)O. The van der Waals surface area contributed by atoms with Crippen LogP contribution in [0, 0.1) is 5.92 Å². The fourth-order valence-corrected chi connectivity index (χ4v) is 2.96. The van der Waals surface area contributed by atoms with Crippen LogP contribution in [0.4, 0.5) is 5.82 Å². The maximum Gasteiger partial charge on any atom is 0.276 e. The molecule has 3 heterocycles. The third-order valence-electron chi connectivity index (χ3n) is 4.42. The minimum atomic E-state index is -1.08. The summed E-state index contributed by atoms with van der Waals surface area (Å²) in [6, 6.07) is 3.24. The molecule has 0 aliphatic rings. The van der Waals surface area contributed by atoms with Crippen LogP contribution < -0.4 is 15.6 Å². The minimum absolute atomic E-state index is 0.0904. The number of ether oxygens (including phenoxy) is 1. The lowest BCUT2D eigenvalue weighted by Crippen LogP contribution is -2.34. The first-order valence-electron chi connectivity index (χ1n) is 10.1. The van der Waals surface area contributed by atoms with Crippen molar-refractivity contribution in [2.45, 2.75) is 53.2 Å². The van der Waals surface area contributed by atoms with E-state index in [-0.39, 0.29) is 29.8 Å². The minimum Gasteiger partial charge on any atom is -0.491 e.